The van der Waals surface area contributed by atoms with Gasteiger partial charge >= 0.3 is 0 Å². The van der Waals surface area contributed by atoms with Gasteiger partial charge in [0.25, 0.3) is 11.4 Å². The summed E-state index contributed by atoms with van der Waals surface area (Å²) in [6.07, 6.45) is 1.17. The fraction of sp³-hybridized carbons (Fsp3) is 0. The van der Waals surface area contributed by atoms with Crippen LogP contribution in [-0.2, 0) is 0 Å². The van der Waals surface area contributed by atoms with Crippen LogP contribution in [0, 0.1) is 20.2 Å². The molecule has 2 aromatic rings. The Balaban J connectivity index is 1.94. The zero-order valence-corrected chi connectivity index (χ0v) is 11.7. The summed E-state index contributed by atoms with van der Waals surface area (Å²) in [6, 6.07) is 12.1. The summed E-state index contributed by atoms with van der Waals surface area (Å²) >= 11 is 0. The molecule has 0 amide bonds. The number of nitrogens with zero attached hydrogens (tertiary/aromatic N) is 3. The lowest BCUT2D eigenvalue weighted by atomic mass is 10.3. The first-order chi connectivity index (χ1) is 11.1. The molecule has 0 unspecified atom stereocenters. The molecule has 0 atom stereocenters. The van der Waals surface area contributed by atoms with Crippen molar-refractivity contribution in [2.45, 2.75) is 0 Å². The fourth-order valence-electron chi connectivity index (χ4n) is 1.71. The third-order valence-electron chi connectivity index (χ3n) is 2.72. The van der Waals surface area contributed by atoms with Crippen molar-refractivity contribution in [3.63, 3.8) is 0 Å². The average Bonchev–Trinajstić information content (AvgIpc) is 2.55. The third-order valence-corrected chi connectivity index (χ3v) is 2.72. The first kappa shape index (κ1) is 15.7. The van der Waals surface area contributed by atoms with Crippen LogP contribution in [0.1, 0.15) is 0 Å². The van der Waals surface area contributed by atoms with Crippen LogP contribution in [0.5, 0.6) is 0 Å². The highest BCUT2D eigenvalue weighted by Gasteiger charge is 2.12. The summed E-state index contributed by atoms with van der Waals surface area (Å²) in [6.45, 7) is 0. The van der Waals surface area contributed by atoms with Crippen molar-refractivity contribution in [2.75, 3.05) is 10.9 Å². The molecule has 23 heavy (non-hydrogen) atoms. The third kappa shape index (κ3) is 4.14. The van der Waals surface area contributed by atoms with Crippen molar-refractivity contribution in [1.29, 1.82) is 0 Å². The molecular weight excluding hydrogens is 304 g/mol. The van der Waals surface area contributed by atoms with Gasteiger partial charge in [0.1, 0.15) is 17.7 Å². The normalized spacial score (nSPS) is 10.3. The Kier molecular flexibility index (Phi) is 5.02. The van der Waals surface area contributed by atoms with Gasteiger partial charge < -0.3 is 0 Å². The maximum atomic E-state index is 10.8. The van der Waals surface area contributed by atoms with E-state index in [1.807, 2.05) is 0 Å². The van der Waals surface area contributed by atoms with Crippen LogP contribution in [0.25, 0.3) is 0 Å². The minimum absolute atomic E-state index is 0.0972. The van der Waals surface area contributed by atoms with E-state index >= 15 is 0 Å². The Bertz CT molecular complexity index is 749. The second-order valence-corrected chi connectivity index (χ2v) is 4.19. The average molecular weight is 316 g/mol. The zero-order chi connectivity index (χ0) is 16.7. The Labute approximate surface area is 130 Å². The molecule has 10 nitrogen and oxygen atoms in total. The van der Waals surface area contributed by atoms with Crippen molar-refractivity contribution in [3.05, 3.63) is 68.8 Å². The predicted molar refractivity (Wildman–Crippen MR) is 85.1 cm³/mol. The number of anilines is 2. The Hall–Kier alpha value is -3.69. The van der Waals surface area contributed by atoms with Crippen LogP contribution in [0.15, 0.2) is 53.6 Å². The van der Waals surface area contributed by atoms with Crippen molar-refractivity contribution in [2.24, 2.45) is 5.10 Å². The molecule has 0 aliphatic rings. The largest absolute Gasteiger partial charge is 0.294 e. The van der Waals surface area contributed by atoms with Crippen molar-refractivity contribution < 1.29 is 9.85 Å². The SMILES string of the molecule is O=[N+]([O-])c1ccccc1NN=CNNc1ccccc1[N+](=O)[O-]. The van der Waals surface area contributed by atoms with E-state index in [4.69, 9.17) is 0 Å². The quantitative estimate of drug-likeness (QED) is 0.309. The first-order valence-corrected chi connectivity index (χ1v) is 6.35. The van der Waals surface area contributed by atoms with Gasteiger partial charge in [-0.05, 0) is 12.1 Å². The number of benzene rings is 2. The molecule has 0 radical (unpaired) electrons. The van der Waals surface area contributed by atoms with Crippen molar-refractivity contribution >= 4 is 29.1 Å². The number of para-hydroxylation sites is 4. The lowest BCUT2D eigenvalue weighted by Gasteiger charge is -2.05. The maximum Gasteiger partial charge on any atom is 0.294 e. The molecule has 0 bridgehead atoms. The first-order valence-electron chi connectivity index (χ1n) is 6.35. The van der Waals surface area contributed by atoms with E-state index in [0.29, 0.717) is 0 Å². The van der Waals surface area contributed by atoms with Gasteiger partial charge in [-0.1, -0.05) is 24.3 Å². The number of rotatable bonds is 7. The predicted octanol–water partition coefficient (Wildman–Crippen LogP) is 2.47. The molecule has 118 valence electrons. The molecule has 0 fully saturated rings. The van der Waals surface area contributed by atoms with Gasteiger partial charge in [-0.2, -0.15) is 5.10 Å². The van der Waals surface area contributed by atoms with Crippen LogP contribution < -0.4 is 16.3 Å². The monoisotopic (exact) mass is 316 g/mol. The molecular formula is C13H12N6O4. The summed E-state index contributed by atoms with van der Waals surface area (Å²) in [7, 11) is 0. The number of hydrogen-bond acceptors (Lipinski definition) is 7. The number of hydrogen-bond donors (Lipinski definition) is 3. The maximum absolute atomic E-state index is 10.8. The van der Waals surface area contributed by atoms with E-state index in [2.05, 4.69) is 21.4 Å². The van der Waals surface area contributed by atoms with Gasteiger partial charge in [-0.3, -0.25) is 36.5 Å². The van der Waals surface area contributed by atoms with E-state index in [9.17, 15) is 20.2 Å². The molecule has 2 rings (SSSR count). The Morgan fingerprint density at radius 2 is 1.39 bits per heavy atom. The smallest absolute Gasteiger partial charge is 0.294 e. The lowest BCUT2D eigenvalue weighted by molar-refractivity contribution is -0.384. The second kappa shape index (κ2) is 7.36. The summed E-state index contributed by atoms with van der Waals surface area (Å²) in [5.41, 5.74) is 7.92. The highest BCUT2D eigenvalue weighted by Crippen LogP contribution is 2.23. The van der Waals surface area contributed by atoms with E-state index in [1.165, 1.54) is 30.6 Å². The molecule has 0 saturated heterocycles. The van der Waals surface area contributed by atoms with E-state index in [0.717, 1.165) is 0 Å². The minimum atomic E-state index is -0.531. The number of nitro groups is 2. The van der Waals surface area contributed by atoms with Crippen LogP contribution >= 0.6 is 0 Å². The van der Waals surface area contributed by atoms with E-state index in [1.54, 1.807) is 24.3 Å². The van der Waals surface area contributed by atoms with Gasteiger partial charge in [-0.25, -0.2) is 0 Å². The number of hydrazine groups is 1. The lowest BCUT2D eigenvalue weighted by Crippen LogP contribution is -2.20. The fourth-order valence-corrected chi connectivity index (χ4v) is 1.71. The van der Waals surface area contributed by atoms with E-state index < -0.39 is 9.85 Å². The van der Waals surface area contributed by atoms with Crippen molar-refractivity contribution in [3.8, 4) is 0 Å². The summed E-state index contributed by atoms with van der Waals surface area (Å²) in [5.74, 6) is 0. The molecule has 0 heterocycles. The summed E-state index contributed by atoms with van der Waals surface area (Å²) < 4.78 is 0. The highest BCUT2D eigenvalue weighted by atomic mass is 16.6. The molecule has 10 heteroatoms. The molecule has 3 N–H and O–H groups in total. The van der Waals surface area contributed by atoms with E-state index in [-0.39, 0.29) is 22.7 Å². The van der Waals surface area contributed by atoms with Crippen LogP contribution in [0.4, 0.5) is 22.7 Å². The molecule has 0 aliphatic heterocycles. The molecule has 2 aromatic carbocycles. The summed E-state index contributed by atoms with van der Waals surface area (Å²) in [5, 5.41) is 25.4. The van der Waals surface area contributed by atoms with Crippen LogP contribution in [0.2, 0.25) is 0 Å². The zero-order valence-electron chi connectivity index (χ0n) is 11.7. The van der Waals surface area contributed by atoms with Gasteiger partial charge in [0.2, 0.25) is 0 Å². The van der Waals surface area contributed by atoms with Gasteiger partial charge in [-0.15, -0.1) is 0 Å². The molecule has 0 aliphatic carbocycles. The topological polar surface area (TPSA) is 135 Å². The molecule has 0 spiro atoms. The van der Waals surface area contributed by atoms with Crippen LogP contribution in [0.3, 0.4) is 0 Å². The minimum Gasteiger partial charge on any atom is -0.294 e. The standard InChI is InChI=1S/C13H12N6O4/c20-18(21)12-7-3-1-5-10(12)16-14-9-15-17-11-6-2-4-8-13(11)19(22)23/h1-9,16-17H,(H,14,15). The number of nitrogens with one attached hydrogen (secondary N) is 3. The summed E-state index contributed by atoms with van der Waals surface area (Å²) in [4.78, 5) is 20.6. The van der Waals surface area contributed by atoms with Gasteiger partial charge in [0, 0.05) is 12.1 Å². The Morgan fingerprint density at radius 1 is 0.870 bits per heavy atom. The number of nitro benzene ring substituents is 2. The van der Waals surface area contributed by atoms with Gasteiger partial charge in [0.05, 0.1) is 9.85 Å². The second-order valence-electron chi connectivity index (χ2n) is 4.19. The Morgan fingerprint density at radius 3 is 2.00 bits per heavy atom. The van der Waals surface area contributed by atoms with Crippen molar-refractivity contribution in [1.82, 2.24) is 5.43 Å². The number of hydrazone groups is 1. The molecule has 0 aromatic heterocycles. The van der Waals surface area contributed by atoms with Gasteiger partial charge in [0.15, 0.2) is 0 Å². The van der Waals surface area contributed by atoms with Crippen LogP contribution in [-0.4, -0.2) is 16.2 Å². The highest BCUT2D eigenvalue weighted by molar-refractivity contribution is 5.67. The molecule has 0 saturated carbocycles.